The van der Waals surface area contributed by atoms with Gasteiger partial charge in [-0.25, -0.2) is 8.42 Å². The third-order valence-corrected chi connectivity index (χ3v) is 5.97. The van der Waals surface area contributed by atoms with Crippen molar-refractivity contribution < 1.29 is 21.6 Å². The minimum atomic E-state index is -4.27. The summed E-state index contributed by atoms with van der Waals surface area (Å²) in [4.78, 5) is -0.0730. The molecule has 1 aromatic rings. The van der Waals surface area contributed by atoms with Gasteiger partial charge in [-0.15, -0.1) is 0 Å². The lowest BCUT2D eigenvalue weighted by molar-refractivity contribution is -0.182. The predicted molar refractivity (Wildman–Crippen MR) is 76.1 cm³/mol. The summed E-state index contributed by atoms with van der Waals surface area (Å²) in [6.45, 7) is -0.302. The standard InChI is InChI=1S/C12H14BrF3N2O2S/c13-9-1-2-11(10(17)7-9)21(19,20)18-5-3-8(4-6-18)12(14,15)16/h1-2,7-8H,3-6,17H2. The van der Waals surface area contributed by atoms with Crippen LogP contribution in [-0.2, 0) is 10.0 Å². The van der Waals surface area contributed by atoms with Gasteiger partial charge in [0.25, 0.3) is 0 Å². The molecule has 1 aromatic carbocycles. The number of nitrogens with zero attached hydrogens (tertiary/aromatic N) is 1. The molecule has 1 aliphatic rings. The summed E-state index contributed by atoms with van der Waals surface area (Å²) in [6.07, 6.45) is -4.72. The van der Waals surface area contributed by atoms with Gasteiger partial charge >= 0.3 is 6.18 Å². The molecule has 0 amide bonds. The quantitative estimate of drug-likeness (QED) is 0.794. The molecule has 0 bridgehead atoms. The zero-order valence-corrected chi connectivity index (χ0v) is 13.3. The monoisotopic (exact) mass is 386 g/mol. The number of hydrogen-bond donors (Lipinski definition) is 1. The van der Waals surface area contributed by atoms with Crippen molar-refractivity contribution in [3.63, 3.8) is 0 Å². The fourth-order valence-electron chi connectivity index (χ4n) is 2.32. The highest BCUT2D eigenvalue weighted by Gasteiger charge is 2.43. The predicted octanol–water partition coefficient (Wildman–Crippen LogP) is 2.99. The van der Waals surface area contributed by atoms with Crippen molar-refractivity contribution in [1.29, 1.82) is 0 Å². The first-order valence-electron chi connectivity index (χ1n) is 6.24. The lowest BCUT2D eigenvalue weighted by Crippen LogP contribution is -2.42. The third-order valence-electron chi connectivity index (χ3n) is 3.51. The molecule has 0 aliphatic carbocycles. The van der Waals surface area contributed by atoms with E-state index in [9.17, 15) is 21.6 Å². The molecular weight excluding hydrogens is 373 g/mol. The SMILES string of the molecule is Nc1cc(Br)ccc1S(=O)(=O)N1CCC(C(F)(F)F)CC1. The largest absolute Gasteiger partial charge is 0.398 e. The first-order valence-corrected chi connectivity index (χ1v) is 8.47. The second-order valence-electron chi connectivity index (χ2n) is 4.90. The average molecular weight is 387 g/mol. The summed E-state index contributed by atoms with van der Waals surface area (Å²) >= 11 is 3.18. The second-order valence-corrected chi connectivity index (χ2v) is 7.72. The summed E-state index contributed by atoms with van der Waals surface area (Å²) in [5, 5.41) is 0. The van der Waals surface area contributed by atoms with E-state index in [1.165, 1.54) is 18.2 Å². The summed E-state index contributed by atoms with van der Waals surface area (Å²) in [5.41, 5.74) is 5.77. The number of piperidine rings is 1. The first kappa shape index (κ1) is 16.6. The van der Waals surface area contributed by atoms with Gasteiger partial charge in [-0.2, -0.15) is 17.5 Å². The van der Waals surface area contributed by atoms with Crippen LogP contribution in [0, 0.1) is 5.92 Å². The highest BCUT2D eigenvalue weighted by molar-refractivity contribution is 9.10. The maximum Gasteiger partial charge on any atom is 0.391 e. The fraction of sp³-hybridized carbons (Fsp3) is 0.500. The van der Waals surface area contributed by atoms with Crippen LogP contribution in [0.1, 0.15) is 12.8 Å². The van der Waals surface area contributed by atoms with Crippen molar-refractivity contribution in [2.24, 2.45) is 5.92 Å². The van der Waals surface area contributed by atoms with E-state index in [0.29, 0.717) is 4.47 Å². The molecule has 0 saturated carbocycles. The van der Waals surface area contributed by atoms with E-state index in [0.717, 1.165) is 4.31 Å². The molecule has 0 unspecified atom stereocenters. The minimum Gasteiger partial charge on any atom is -0.398 e. The zero-order valence-electron chi connectivity index (χ0n) is 10.9. The molecule has 0 atom stereocenters. The number of hydrogen-bond acceptors (Lipinski definition) is 3. The Morgan fingerprint density at radius 3 is 2.29 bits per heavy atom. The minimum absolute atomic E-state index is 0.0716. The van der Waals surface area contributed by atoms with Crippen LogP contribution in [-0.4, -0.2) is 32.0 Å². The molecule has 1 aliphatic heterocycles. The van der Waals surface area contributed by atoms with E-state index < -0.39 is 22.1 Å². The van der Waals surface area contributed by atoms with Crippen LogP contribution in [0.2, 0.25) is 0 Å². The summed E-state index contributed by atoms with van der Waals surface area (Å²) < 4.78 is 64.4. The molecule has 118 valence electrons. The molecule has 2 N–H and O–H groups in total. The van der Waals surface area contributed by atoms with Crippen molar-refractivity contribution in [3.8, 4) is 0 Å². The van der Waals surface area contributed by atoms with Crippen molar-refractivity contribution in [2.45, 2.75) is 23.9 Å². The van der Waals surface area contributed by atoms with Crippen molar-refractivity contribution in [3.05, 3.63) is 22.7 Å². The van der Waals surface area contributed by atoms with Gasteiger partial charge < -0.3 is 5.73 Å². The highest BCUT2D eigenvalue weighted by Crippen LogP contribution is 2.36. The van der Waals surface area contributed by atoms with E-state index in [1.54, 1.807) is 0 Å². The Morgan fingerprint density at radius 2 is 1.81 bits per heavy atom. The molecule has 0 radical (unpaired) electrons. The topological polar surface area (TPSA) is 63.4 Å². The Balaban J connectivity index is 2.19. The first-order chi connectivity index (χ1) is 9.62. The van der Waals surface area contributed by atoms with Gasteiger partial charge in [-0.3, -0.25) is 0 Å². The molecule has 0 spiro atoms. The van der Waals surface area contributed by atoms with Gasteiger partial charge in [-0.1, -0.05) is 15.9 Å². The number of rotatable bonds is 2. The fourth-order valence-corrected chi connectivity index (χ4v) is 4.26. The van der Waals surface area contributed by atoms with Crippen LogP contribution < -0.4 is 5.73 Å². The number of nitrogens with two attached hydrogens (primary N) is 1. The number of halogens is 4. The molecular formula is C12H14BrF3N2O2S. The van der Waals surface area contributed by atoms with Gasteiger partial charge in [0.15, 0.2) is 0 Å². The molecule has 9 heteroatoms. The van der Waals surface area contributed by atoms with Crippen molar-refractivity contribution in [2.75, 3.05) is 18.8 Å². The second kappa shape index (κ2) is 5.77. The van der Waals surface area contributed by atoms with Gasteiger partial charge in [0.2, 0.25) is 10.0 Å². The smallest absolute Gasteiger partial charge is 0.391 e. The molecule has 2 rings (SSSR count). The van der Waals surface area contributed by atoms with Crippen LogP contribution in [0.4, 0.5) is 18.9 Å². The molecule has 1 heterocycles. The van der Waals surface area contributed by atoms with Gasteiger partial charge in [0.05, 0.1) is 11.6 Å². The van der Waals surface area contributed by atoms with E-state index in [2.05, 4.69) is 15.9 Å². The van der Waals surface area contributed by atoms with Crippen LogP contribution >= 0.6 is 15.9 Å². The number of anilines is 1. The lowest BCUT2D eigenvalue weighted by atomic mass is 9.98. The van der Waals surface area contributed by atoms with Crippen molar-refractivity contribution >= 4 is 31.6 Å². The maximum atomic E-state index is 12.6. The van der Waals surface area contributed by atoms with Gasteiger partial charge in [0.1, 0.15) is 4.90 Å². The normalized spacial score (nSPS) is 18.9. The average Bonchev–Trinajstić information content (AvgIpc) is 2.37. The highest BCUT2D eigenvalue weighted by atomic mass is 79.9. The summed E-state index contributed by atoms with van der Waals surface area (Å²) in [6, 6.07) is 4.34. The van der Waals surface area contributed by atoms with E-state index >= 15 is 0 Å². The zero-order chi connectivity index (χ0) is 15.8. The Hall–Kier alpha value is -0.800. The molecule has 21 heavy (non-hydrogen) atoms. The van der Waals surface area contributed by atoms with E-state index in [1.807, 2.05) is 0 Å². The number of nitrogen functional groups attached to an aromatic ring is 1. The van der Waals surface area contributed by atoms with Gasteiger partial charge in [-0.05, 0) is 31.0 Å². The number of benzene rings is 1. The molecule has 1 saturated heterocycles. The van der Waals surface area contributed by atoms with Crippen LogP contribution in [0.15, 0.2) is 27.6 Å². The molecule has 4 nitrogen and oxygen atoms in total. The number of alkyl halides is 3. The Morgan fingerprint density at radius 1 is 1.24 bits per heavy atom. The molecule has 0 aromatic heterocycles. The Labute approximate surface area is 129 Å². The Bertz CT molecular complexity index is 626. The van der Waals surface area contributed by atoms with Crippen molar-refractivity contribution in [1.82, 2.24) is 4.31 Å². The summed E-state index contributed by atoms with van der Waals surface area (Å²) in [5.74, 6) is -1.44. The lowest BCUT2D eigenvalue weighted by Gasteiger charge is -2.32. The third kappa shape index (κ3) is 3.51. The Kier molecular flexibility index (Phi) is 4.55. The van der Waals surface area contributed by atoms with Gasteiger partial charge in [0, 0.05) is 17.6 Å². The van der Waals surface area contributed by atoms with Crippen LogP contribution in [0.25, 0.3) is 0 Å². The van der Waals surface area contributed by atoms with E-state index in [-0.39, 0.29) is 36.5 Å². The summed E-state index contributed by atoms with van der Waals surface area (Å²) in [7, 11) is -3.86. The van der Waals surface area contributed by atoms with Crippen LogP contribution in [0.5, 0.6) is 0 Å². The maximum absolute atomic E-state index is 12.6. The van der Waals surface area contributed by atoms with E-state index in [4.69, 9.17) is 5.73 Å². The molecule has 1 fully saturated rings. The number of sulfonamides is 1. The van der Waals surface area contributed by atoms with Crippen LogP contribution in [0.3, 0.4) is 0 Å².